The second kappa shape index (κ2) is 5.75. The number of hydrogen-bond donors (Lipinski definition) is 1. The summed E-state index contributed by atoms with van der Waals surface area (Å²) in [5.74, 6) is -2.11. The standard InChI is InChI=1S/C14H10BrF3O/c15-9-4-8(5-10(16)7-9)6-13(19)14-11(17)2-1-3-12(14)18/h1-5,7,13,19H,6H2. The number of hydrogen-bond acceptors (Lipinski definition) is 1. The molecule has 2 aromatic carbocycles. The first kappa shape index (κ1) is 14.1. The van der Waals surface area contributed by atoms with Crippen LogP contribution in [0, 0.1) is 17.5 Å². The van der Waals surface area contributed by atoms with Crippen LogP contribution in [0.25, 0.3) is 0 Å². The van der Waals surface area contributed by atoms with Crippen LogP contribution in [0.4, 0.5) is 13.2 Å². The van der Waals surface area contributed by atoms with E-state index in [9.17, 15) is 18.3 Å². The lowest BCUT2D eigenvalue weighted by Gasteiger charge is -2.13. The van der Waals surface area contributed by atoms with Crippen LogP contribution in [0.15, 0.2) is 40.9 Å². The van der Waals surface area contributed by atoms with Gasteiger partial charge in [-0.25, -0.2) is 13.2 Å². The first-order valence-corrected chi connectivity index (χ1v) is 6.33. The lowest BCUT2D eigenvalue weighted by atomic mass is 10.0. The number of aliphatic hydroxyl groups is 1. The highest BCUT2D eigenvalue weighted by atomic mass is 79.9. The Kier molecular flexibility index (Phi) is 4.27. The van der Waals surface area contributed by atoms with E-state index in [2.05, 4.69) is 15.9 Å². The van der Waals surface area contributed by atoms with Crippen molar-refractivity contribution in [2.24, 2.45) is 0 Å². The Morgan fingerprint density at radius 3 is 2.26 bits per heavy atom. The normalized spacial score (nSPS) is 12.5. The minimum absolute atomic E-state index is 0.0752. The Balaban J connectivity index is 2.28. The fourth-order valence-electron chi connectivity index (χ4n) is 1.88. The Bertz CT molecular complexity index is 561. The minimum Gasteiger partial charge on any atom is -0.388 e. The highest BCUT2D eigenvalue weighted by molar-refractivity contribution is 9.10. The van der Waals surface area contributed by atoms with Crippen molar-refractivity contribution in [2.75, 3.05) is 0 Å². The first-order chi connectivity index (χ1) is 8.97. The molecule has 0 aromatic heterocycles. The van der Waals surface area contributed by atoms with Gasteiger partial charge in [0.05, 0.1) is 11.7 Å². The lowest BCUT2D eigenvalue weighted by Crippen LogP contribution is -2.07. The van der Waals surface area contributed by atoms with Gasteiger partial charge < -0.3 is 5.11 Å². The summed E-state index contributed by atoms with van der Waals surface area (Å²) < 4.78 is 40.6. The minimum atomic E-state index is -1.37. The molecular weight excluding hydrogens is 321 g/mol. The molecule has 1 nitrogen and oxygen atoms in total. The summed E-state index contributed by atoms with van der Waals surface area (Å²) in [4.78, 5) is 0. The molecule has 1 unspecified atom stereocenters. The topological polar surface area (TPSA) is 20.2 Å². The molecule has 0 bridgehead atoms. The van der Waals surface area contributed by atoms with Crippen molar-refractivity contribution in [2.45, 2.75) is 12.5 Å². The van der Waals surface area contributed by atoms with E-state index in [4.69, 9.17) is 0 Å². The van der Waals surface area contributed by atoms with E-state index >= 15 is 0 Å². The van der Waals surface area contributed by atoms with Gasteiger partial charge in [0.25, 0.3) is 0 Å². The Labute approximate surface area is 116 Å². The second-order valence-corrected chi connectivity index (χ2v) is 5.05. The average molecular weight is 331 g/mol. The second-order valence-electron chi connectivity index (χ2n) is 4.13. The molecule has 0 saturated carbocycles. The van der Waals surface area contributed by atoms with Gasteiger partial charge in [-0.05, 0) is 35.9 Å². The van der Waals surface area contributed by atoms with Gasteiger partial charge in [-0.1, -0.05) is 22.0 Å². The van der Waals surface area contributed by atoms with Crippen molar-refractivity contribution in [1.82, 2.24) is 0 Å². The molecule has 5 heteroatoms. The van der Waals surface area contributed by atoms with Crippen LogP contribution in [0.1, 0.15) is 17.2 Å². The van der Waals surface area contributed by atoms with Crippen molar-refractivity contribution in [3.63, 3.8) is 0 Å². The molecule has 0 aliphatic heterocycles. The molecule has 0 aliphatic carbocycles. The fourth-order valence-corrected chi connectivity index (χ4v) is 2.40. The summed E-state index contributed by atoms with van der Waals surface area (Å²) in [6.07, 6.45) is -1.44. The van der Waals surface area contributed by atoms with Gasteiger partial charge in [0.1, 0.15) is 17.5 Å². The molecule has 100 valence electrons. The summed E-state index contributed by atoms with van der Waals surface area (Å²) in [6.45, 7) is 0. The molecule has 0 heterocycles. The van der Waals surface area contributed by atoms with Crippen molar-refractivity contribution in [1.29, 1.82) is 0 Å². The van der Waals surface area contributed by atoms with Crippen LogP contribution in [-0.2, 0) is 6.42 Å². The van der Waals surface area contributed by atoms with Gasteiger partial charge in [-0.15, -0.1) is 0 Å². The Hall–Kier alpha value is -1.33. The highest BCUT2D eigenvalue weighted by Gasteiger charge is 2.18. The van der Waals surface area contributed by atoms with Crippen LogP contribution in [-0.4, -0.2) is 5.11 Å². The monoisotopic (exact) mass is 330 g/mol. The lowest BCUT2D eigenvalue weighted by molar-refractivity contribution is 0.168. The molecule has 1 N–H and O–H groups in total. The zero-order valence-corrected chi connectivity index (χ0v) is 11.3. The molecule has 0 fully saturated rings. The largest absolute Gasteiger partial charge is 0.388 e. The van der Waals surface area contributed by atoms with E-state index in [1.54, 1.807) is 6.07 Å². The third kappa shape index (κ3) is 3.36. The summed E-state index contributed by atoms with van der Waals surface area (Å²) >= 11 is 3.12. The molecular formula is C14H10BrF3O. The van der Waals surface area contributed by atoms with Crippen LogP contribution in [0.3, 0.4) is 0 Å². The third-order valence-corrected chi connectivity index (χ3v) is 3.14. The average Bonchev–Trinajstić information content (AvgIpc) is 2.26. The van der Waals surface area contributed by atoms with Gasteiger partial charge in [-0.2, -0.15) is 0 Å². The molecule has 0 amide bonds. The van der Waals surface area contributed by atoms with E-state index < -0.39 is 29.1 Å². The molecule has 0 radical (unpaired) electrons. The Morgan fingerprint density at radius 1 is 1.05 bits per heavy atom. The zero-order chi connectivity index (χ0) is 14.0. The predicted molar refractivity (Wildman–Crippen MR) is 69.1 cm³/mol. The molecule has 2 rings (SSSR count). The maximum Gasteiger partial charge on any atom is 0.131 e. The highest BCUT2D eigenvalue weighted by Crippen LogP contribution is 2.25. The molecule has 0 aliphatic rings. The summed E-state index contributed by atoms with van der Waals surface area (Å²) in [5.41, 5.74) is 0.0462. The van der Waals surface area contributed by atoms with Gasteiger partial charge in [0.15, 0.2) is 0 Å². The maximum absolute atomic E-state index is 13.5. The van der Waals surface area contributed by atoms with E-state index in [0.717, 1.165) is 12.1 Å². The van der Waals surface area contributed by atoms with Crippen molar-refractivity contribution < 1.29 is 18.3 Å². The van der Waals surface area contributed by atoms with Crippen molar-refractivity contribution in [3.05, 3.63) is 69.4 Å². The molecule has 1 atom stereocenters. The first-order valence-electron chi connectivity index (χ1n) is 5.54. The Morgan fingerprint density at radius 2 is 1.68 bits per heavy atom. The van der Waals surface area contributed by atoms with Gasteiger partial charge in [0.2, 0.25) is 0 Å². The van der Waals surface area contributed by atoms with Crippen LogP contribution in [0.2, 0.25) is 0 Å². The number of rotatable bonds is 3. The molecule has 19 heavy (non-hydrogen) atoms. The molecule has 0 spiro atoms. The molecule has 0 saturated heterocycles. The zero-order valence-electron chi connectivity index (χ0n) is 9.71. The van der Waals surface area contributed by atoms with Crippen molar-refractivity contribution >= 4 is 15.9 Å². The number of benzene rings is 2. The van der Waals surface area contributed by atoms with Gasteiger partial charge >= 0.3 is 0 Å². The number of halogens is 4. The molecule has 2 aromatic rings. The van der Waals surface area contributed by atoms with Gasteiger partial charge in [-0.3, -0.25) is 0 Å². The third-order valence-electron chi connectivity index (χ3n) is 2.68. The smallest absolute Gasteiger partial charge is 0.131 e. The predicted octanol–water partition coefficient (Wildman–Crippen LogP) is 4.14. The number of aliphatic hydroxyl groups excluding tert-OH is 1. The van der Waals surface area contributed by atoms with Crippen LogP contribution in [0.5, 0.6) is 0 Å². The van der Waals surface area contributed by atoms with E-state index in [-0.39, 0.29) is 6.42 Å². The SMILES string of the molecule is OC(Cc1cc(F)cc(Br)c1)c1c(F)cccc1F. The van der Waals surface area contributed by atoms with Crippen LogP contribution >= 0.6 is 15.9 Å². The quantitative estimate of drug-likeness (QED) is 0.896. The summed E-state index contributed by atoms with van der Waals surface area (Å²) in [7, 11) is 0. The summed E-state index contributed by atoms with van der Waals surface area (Å²) in [5, 5.41) is 9.90. The van der Waals surface area contributed by atoms with Crippen molar-refractivity contribution in [3.8, 4) is 0 Å². The van der Waals surface area contributed by atoms with Gasteiger partial charge in [0, 0.05) is 10.9 Å². The van der Waals surface area contributed by atoms with E-state index in [1.165, 1.54) is 18.2 Å². The fraction of sp³-hybridized carbons (Fsp3) is 0.143. The maximum atomic E-state index is 13.5. The van der Waals surface area contributed by atoms with E-state index in [1.807, 2.05) is 0 Å². The van der Waals surface area contributed by atoms with Crippen LogP contribution < -0.4 is 0 Å². The van der Waals surface area contributed by atoms with E-state index in [0.29, 0.717) is 10.0 Å². The summed E-state index contributed by atoms with van der Waals surface area (Å²) in [6, 6.07) is 7.43.